The Morgan fingerprint density at radius 3 is 2.29 bits per heavy atom. The number of benzene rings is 2. The molecule has 0 bridgehead atoms. The van der Waals surface area contributed by atoms with Crippen LogP contribution in [0.1, 0.15) is 48.7 Å². The number of nitrogens with two attached hydrogens (primary N) is 1. The molecule has 1 aliphatic heterocycles. The number of primary amides is 1. The lowest BCUT2D eigenvalue weighted by atomic mass is 9.90. The van der Waals surface area contributed by atoms with Gasteiger partial charge in [-0.05, 0) is 41.7 Å². The molecule has 2 aromatic carbocycles. The highest BCUT2D eigenvalue weighted by Crippen LogP contribution is 2.70. The van der Waals surface area contributed by atoms with E-state index in [0.29, 0.717) is 33.9 Å². The smallest absolute Gasteiger partial charge is 0.416 e. The molecule has 2 amide bonds. The molecule has 0 aromatic heterocycles. The van der Waals surface area contributed by atoms with E-state index in [4.69, 9.17) is 10.8 Å². The molecule has 0 aliphatic carbocycles. The Morgan fingerprint density at radius 1 is 1.12 bits per heavy atom. The van der Waals surface area contributed by atoms with E-state index < -0.39 is 33.8 Å². The summed E-state index contributed by atoms with van der Waals surface area (Å²) in [7, 11) is -2.10. The predicted octanol–water partition coefficient (Wildman–Crippen LogP) is 5.91. The first kappa shape index (κ1) is 25.6. The van der Waals surface area contributed by atoms with Crippen molar-refractivity contribution in [1.82, 2.24) is 5.32 Å². The minimum Gasteiger partial charge on any atom is -0.465 e. The van der Waals surface area contributed by atoms with Crippen LogP contribution in [-0.2, 0) is 11.9 Å². The van der Waals surface area contributed by atoms with Gasteiger partial charge < -0.3 is 16.2 Å². The average molecular weight is 496 g/mol. The van der Waals surface area contributed by atoms with Crippen molar-refractivity contribution in [3.8, 4) is 0 Å². The van der Waals surface area contributed by atoms with Crippen molar-refractivity contribution in [1.29, 1.82) is 0 Å². The second kappa shape index (κ2) is 9.32. The number of aliphatic imine (C=N–C) groups is 1. The molecule has 0 spiro atoms. The number of alkyl halides is 3. The Morgan fingerprint density at radius 2 is 1.76 bits per heavy atom. The normalized spacial score (nSPS) is 20.3. The Labute approximate surface area is 197 Å². The van der Waals surface area contributed by atoms with E-state index in [0.717, 1.165) is 12.1 Å². The van der Waals surface area contributed by atoms with Gasteiger partial charge >= 0.3 is 12.3 Å². The maximum absolute atomic E-state index is 13.1. The van der Waals surface area contributed by atoms with Crippen molar-refractivity contribution < 1.29 is 27.9 Å². The number of amides is 2. The third-order valence-corrected chi connectivity index (χ3v) is 10.3. The summed E-state index contributed by atoms with van der Waals surface area (Å²) < 4.78 is 39.3. The minimum atomic E-state index is -4.44. The standard InChI is InChI=1S/C24H28F3N3O3S/c1-23(2,3)19(11-12-29-22(32)33)34(13-15-7-9-16(10-8-15)24(25,26)27)14-30-18-6-4-5-17(20(18)34)21(28)31/h4-10,14,19,29H,11-13H2,1-3H3,(H2,28,31)(H,32,33). The summed E-state index contributed by atoms with van der Waals surface area (Å²) in [6.45, 7) is 6.26. The average Bonchev–Trinajstić information content (AvgIpc) is 3.09. The summed E-state index contributed by atoms with van der Waals surface area (Å²) >= 11 is 0. The van der Waals surface area contributed by atoms with E-state index in [9.17, 15) is 22.8 Å². The third-order valence-electron chi connectivity index (χ3n) is 5.86. The van der Waals surface area contributed by atoms with Crippen molar-refractivity contribution >= 4 is 33.3 Å². The molecule has 184 valence electrons. The van der Waals surface area contributed by atoms with Crippen molar-refractivity contribution in [3.63, 3.8) is 0 Å². The van der Waals surface area contributed by atoms with Gasteiger partial charge in [0.2, 0.25) is 5.91 Å². The first-order valence-electron chi connectivity index (χ1n) is 10.7. The van der Waals surface area contributed by atoms with E-state index >= 15 is 0 Å². The maximum Gasteiger partial charge on any atom is 0.416 e. The molecule has 3 rings (SSSR count). The van der Waals surface area contributed by atoms with Gasteiger partial charge in [0.25, 0.3) is 0 Å². The van der Waals surface area contributed by atoms with E-state index in [2.05, 4.69) is 10.3 Å². The molecular weight excluding hydrogens is 467 g/mol. The van der Waals surface area contributed by atoms with Crippen LogP contribution in [0.15, 0.2) is 52.4 Å². The van der Waals surface area contributed by atoms with Gasteiger partial charge in [-0.25, -0.2) is 4.79 Å². The van der Waals surface area contributed by atoms with Crippen LogP contribution in [0.5, 0.6) is 0 Å². The zero-order valence-corrected chi connectivity index (χ0v) is 20.0. The van der Waals surface area contributed by atoms with Gasteiger partial charge in [-0.1, -0.05) is 39.0 Å². The van der Waals surface area contributed by atoms with E-state index in [-0.39, 0.29) is 17.2 Å². The molecule has 2 unspecified atom stereocenters. The predicted molar refractivity (Wildman–Crippen MR) is 128 cm³/mol. The van der Waals surface area contributed by atoms with E-state index in [1.54, 1.807) is 18.2 Å². The van der Waals surface area contributed by atoms with E-state index in [1.807, 2.05) is 26.3 Å². The maximum atomic E-state index is 13.1. The third kappa shape index (κ3) is 5.22. The van der Waals surface area contributed by atoms with Crippen molar-refractivity contribution in [3.05, 3.63) is 59.2 Å². The molecule has 6 nitrogen and oxygen atoms in total. The number of hydrogen-bond donors (Lipinski definition) is 3. The number of nitrogens with zero attached hydrogens (tertiary/aromatic N) is 1. The van der Waals surface area contributed by atoms with Crippen LogP contribution in [0.25, 0.3) is 0 Å². The molecule has 0 fully saturated rings. The van der Waals surface area contributed by atoms with Crippen molar-refractivity contribution in [2.75, 3.05) is 6.54 Å². The van der Waals surface area contributed by atoms with Crippen LogP contribution in [0.3, 0.4) is 0 Å². The number of rotatable bonds is 7. The molecule has 0 saturated carbocycles. The Kier molecular flexibility index (Phi) is 7.02. The van der Waals surface area contributed by atoms with Crippen LogP contribution >= 0.6 is 10.0 Å². The van der Waals surface area contributed by atoms with Gasteiger partial charge in [0, 0.05) is 28.0 Å². The van der Waals surface area contributed by atoms with Gasteiger partial charge in [-0.3, -0.25) is 9.79 Å². The number of halogens is 3. The number of carboxylic acid groups (broad SMARTS) is 1. The zero-order valence-electron chi connectivity index (χ0n) is 19.1. The fraction of sp³-hybridized carbons (Fsp3) is 0.375. The molecule has 1 heterocycles. The molecule has 2 atom stereocenters. The van der Waals surface area contributed by atoms with E-state index in [1.165, 1.54) is 12.1 Å². The first-order valence-corrected chi connectivity index (χ1v) is 12.6. The van der Waals surface area contributed by atoms with Gasteiger partial charge in [0.1, 0.15) is 0 Å². The molecule has 4 N–H and O–H groups in total. The fourth-order valence-electron chi connectivity index (χ4n) is 4.50. The van der Waals surface area contributed by atoms with Gasteiger partial charge in [-0.15, -0.1) is 0 Å². The summed E-state index contributed by atoms with van der Waals surface area (Å²) in [6.07, 6.45) is -5.14. The van der Waals surface area contributed by atoms with Gasteiger partial charge in [0.15, 0.2) is 0 Å². The number of nitrogens with one attached hydrogen (secondary N) is 1. The van der Waals surface area contributed by atoms with Crippen LogP contribution in [-0.4, -0.2) is 34.4 Å². The molecule has 0 saturated heterocycles. The van der Waals surface area contributed by atoms with Crippen LogP contribution in [0.4, 0.5) is 23.7 Å². The summed E-state index contributed by atoms with van der Waals surface area (Å²) in [5.41, 5.74) is 8.08. The highest BCUT2D eigenvalue weighted by Gasteiger charge is 2.46. The van der Waals surface area contributed by atoms with Crippen LogP contribution < -0.4 is 11.1 Å². The van der Waals surface area contributed by atoms with Gasteiger partial charge in [0.05, 0.1) is 16.8 Å². The Balaban J connectivity index is 2.17. The minimum absolute atomic E-state index is 0.153. The largest absolute Gasteiger partial charge is 0.465 e. The highest BCUT2D eigenvalue weighted by molar-refractivity contribution is 8.44. The summed E-state index contributed by atoms with van der Waals surface area (Å²) in [5.74, 6) is -0.260. The summed E-state index contributed by atoms with van der Waals surface area (Å²) in [5, 5.41) is 11.3. The fourth-order valence-corrected chi connectivity index (χ4v) is 9.39. The number of hydrogen-bond acceptors (Lipinski definition) is 3. The SMILES string of the molecule is CC(C)(C)C(CCNC(=O)O)S1(Cc2ccc(C(F)(F)F)cc2)C=Nc2cccc(C(N)=O)c21. The number of fused-ring (bicyclic) bond motifs is 1. The topological polar surface area (TPSA) is 105 Å². The second-order valence-electron chi connectivity index (χ2n) is 9.32. The lowest BCUT2D eigenvalue weighted by Gasteiger charge is -2.49. The monoisotopic (exact) mass is 495 g/mol. The zero-order chi connectivity index (χ0) is 25.3. The molecule has 2 aromatic rings. The lowest BCUT2D eigenvalue weighted by molar-refractivity contribution is -0.137. The first-order chi connectivity index (χ1) is 15.8. The molecule has 34 heavy (non-hydrogen) atoms. The van der Waals surface area contributed by atoms with Crippen LogP contribution in [0.2, 0.25) is 0 Å². The van der Waals surface area contributed by atoms with Crippen LogP contribution in [0, 0.1) is 5.41 Å². The lowest BCUT2D eigenvalue weighted by Crippen LogP contribution is -2.37. The van der Waals surface area contributed by atoms with Crippen molar-refractivity contribution in [2.24, 2.45) is 16.1 Å². The quantitative estimate of drug-likeness (QED) is 0.444. The Bertz CT molecular complexity index is 1110. The second-order valence-corrected chi connectivity index (χ2v) is 12.5. The Hall–Kier alpha value is -3.01. The molecule has 1 aliphatic rings. The molecule has 10 heteroatoms. The summed E-state index contributed by atoms with van der Waals surface area (Å²) in [4.78, 5) is 28.8. The van der Waals surface area contributed by atoms with Gasteiger partial charge in [-0.2, -0.15) is 23.2 Å². The number of carbonyl (C=O) groups excluding carboxylic acids is 1. The number of carbonyl (C=O) groups is 2. The van der Waals surface area contributed by atoms with Crippen molar-refractivity contribution in [2.45, 2.75) is 49.3 Å². The summed E-state index contributed by atoms with van der Waals surface area (Å²) in [6, 6.07) is 10.1. The molecule has 0 radical (unpaired) electrons. The molecular formula is C24H28F3N3O3S. The highest BCUT2D eigenvalue weighted by atomic mass is 32.3.